The Morgan fingerprint density at radius 1 is 1.12 bits per heavy atom. The van der Waals surface area contributed by atoms with Gasteiger partial charge in [0.15, 0.2) is 0 Å². The Morgan fingerprint density at radius 3 is 2.56 bits per heavy atom. The molecule has 0 spiro atoms. The van der Waals surface area contributed by atoms with Crippen LogP contribution in [0, 0.1) is 29.1 Å². The fourth-order valence-electron chi connectivity index (χ4n) is 4.81. The van der Waals surface area contributed by atoms with Crippen molar-refractivity contribution in [3.8, 4) is 0 Å². The van der Waals surface area contributed by atoms with Crippen LogP contribution in [0.1, 0.15) is 72.6 Å². The minimum Gasteiger partial charge on any atom is -0.0654 e. The molecule has 0 bridgehead atoms. The van der Waals surface area contributed by atoms with Gasteiger partial charge in [-0.25, -0.2) is 0 Å². The van der Waals surface area contributed by atoms with Crippen molar-refractivity contribution in [3.63, 3.8) is 0 Å². The van der Waals surface area contributed by atoms with E-state index in [1.54, 1.807) is 0 Å². The van der Waals surface area contributed by atoms with Gasteiger partial charge in [-0.2, -0.15) is 0 Å². The molecule has 2 aliphatic carbocycles. The van der Waals surface area contributed by atoms with Gasteiger partial charge in [0.25, 0.3) is 0 Å². The summed E-state index contributed by atoms with van der Waals surface area (Å²) in [6.07, 6.45) is 10.4. The molecule has 2 aliphatic rings. The van der Waals surface area contributed by atoms with Gasteiger partial charge in [-0.1, -0.05) is 47.0 Å². The first-order chi connectivity index (χ1) is 7.58. The number of fused-ring (bicyclic) bond motifs is 1. The molecule has 0 aliphatic heterocycles. The van der Waals surface area contributed by atoms with Crippen molar-refractivity contribution >= 4 is 0 Å². The van der Waals surface area contributed by atoms with Gasteiger partial charge in [0, 0.05) is 0 Å². The first-order valence-electron chi connectivity index (χ1n) is 7.58. The van der Waals surface area contributed by atoms with Crippen molar-refractivity contribution in [2.24, 2.45) is 29.1 Å². The quantitative estimate of drug-likeness (QED) is 0.596. The highest BCUT2D eigenvalue weighted by molar-refractivity contribution is 4.97. The third-order valence-corrected chi connectivity index (χ3v) is 5.90. The highest BCUT2D eigenvalue weighted by atomic mass is 14.5. The zero-order chi connectivity index (χ0) is 11.8. The van der Waals surface area contributed by atoms with Crippen molar-refractivity contribution in [3.05, 3.63) is 0 Å². The lowest BCUT2D eigenvalue weighted by atomic mass is 9.51. The van der Waals surface area contributed by atoms with E-state index in [9.17, 15) is 0 Å². The van der Waals surface area contributed by atoms with E-state index in [1.807, 2.05) is 0 Å². The van der Waals surface area contributed by atoms with E-state index < -0.39 is 0 Å². The van der Waals surface area contributed by atoms with E-state index in [-0.39, 0.29) is 0 Å². The number of hydrogen-bond donors (Lipinski definition) is 0. The summed E-state index contributed by atoms with van der Waals surface area (Å²) in [6, 6.07) is 0. The fourth-order valence-corrected chi connectivity index (χ4v) is 4.81. The monoisotopic (exact) mass is 222 g/mol. The van der Waals surface area contributed by atoms with Crippen LogP contribution in [-0.4, -0.2) is 0 Å². The summed E-state index contributed by atoms with van der Waals surface area (Å²) >= 11 is 0. The molecule has 2 rings (SSSR count). The average molecular weight is 222 g/mol. The molecule has 0 N–H and O–H groups in total. The summed E-state index contributed by atoms with van der Waals surface area (Å²) in [5.74, 6) is 4.04. The molecule has 0 amide bonds. The van der Waals surface area contributed by atoms with E-state index in [0.717, 1.165) is 23.7 Å². The lowest BCUT2D eigenvalue weighted by molar-refractivity contribution is -0.0470. The first kappa shape index (κ1) is 12.5. The molecule has 94 valence electrons. The minimum absolute atomic E-state index is 0.695. The van der Waals surface area contributed by atoms with Crippen LogP contribution in [0.5, 0.6) is 0 Å². The van der Waals surface area contributed by atoms with E-state index in [2.05, 4.69) is 27.7 Å². The maximum atomic E-state index is 2.62. The first-order valence-corrected chi connectivity index (χ1v) is 7.58. The smallest absolute Gasteiger partial charge is 0.0266 e. The van der Waals surface area contributed by atoms with Crippen LogP contribution in [0.15, 0.2) is 0 Å². The van der Waals surface area contributed by atoms with Crippen LogP contribution >= 0.6 is 0 Å². The molecular formula is C16H30. The highest BCUT2D eigenvalue weighted by Crippen LogP contribution is 2.57. The second-order valence-corrected chi connectivity index (χ2v) is 7.03. The Bertz CT molecular complexity index is 232. The van der Waals surface area contributed by atoms with Crippen LogP contribution in [0.3, 0.4) is 0 Å². The number of hydrogen-bond acceptors (Lipinski definition) is 0. The molecule has 5 unspecified atom stereocenters. The minimum atomic E-state index is 0.695. The zero-order valence-electron chi connectivity index (χ0n) is 11.8. The lowest BCUT2D eigenvalue weighted by Gasteiger charge is -2.54. The van der Waals surface area contributed by atoms with E-state index in [1.165, 1.54) is 44.9 Å². The summed E-state index contributed by atoms with van der Waals surface area (Å²) in [7, 11) is 0. The standard InChI is InChI=1S/C16H30/c1-5-6-15-13(3)7-8-14-11-12(2)9-10-16(14,15)4/h12-15H,5-11H2,1-4H3. The molecule has 5 atom stereocenters. The zero-order valence-corrected chi connectivity index (χ0v) is 11.8. The summed E-state index contributed by atoms with van der Waals surface area (Å²) < 4.78 is 0. The Morgan fingerprint density at radius 2 is 1.88 bits per heavy atom. The third-order valence-electron chi connectivity index (χ3n) is 5.90. The van der Waals surface area contributed by atoms with Gasteiger partial charge in [0.1, 0.15) is 0 Å². The predicted molar refractivity (Wildman–Crippen MR) is 71.4 cm³/mol. The average Bonchev–Trinajstić information content (AvgIpc) is 2.25. The van der Waals surface area contributed by atoms with Gasteiger partial charge in [-0.05, 0) is 54.8 Å². The SMILES string of the molecule is CCCC1C(C)CCC2CC(C)CCC21C. The summed E-state index contributed by atoms with van der Waals surface area (Å²) in [6.45, 7) is 9.97. The molecule has 0 aromatic rings. The fraction of sp³-hybridized carbons (Fsp3) is 1.00. The normalized spacial score (nSPS) is 48.8. The Labute approximate surface area is 102 Å². The third kappa shape index (κ3) is 2.05. The van der Waals surface area contributed by atoms with Crippen molar-refractivity contribution < 1.29 is 0 Å². The van der Waals surface area contributed by atoms with E-state index in [4.69, 9.17) is 0 Å². The van der Waals surface area contributed by atoms with Crippen molar-refractivity contribution in [2.45, 2.75) is 72.6 Å². The van der Waals surface area contributed by atoms with Gasteiger partial charge < -0.3 is 0 Å². The molecule has 0 aromatic heterocycles. The van der Waals surface area contributed by atoms with E-state index in [0.29, 0.717) is 5.41 Å². The lowest BCUT2D eigenvalue weighted by Crippen LogP contribution is -2.46. The molecular weight excluding hydrogens is 192 g/mol. The molecule has 0 heteroatoms. The van der Waals surface area contributed by atoms with Crippen LogP contribution in [-0.2, 0) is 0 Å². The van der Waals surface area contributed by atoms with Crippen molar-refractivity contribution in [2.75, 3.05) is 0 Å². The van der Waals surface area contributed by atoms with Crippen LogP contribution in [0.2, 0.25) is 0 Å². The molecule has 0 nitrogen and oxygen atoms in total. The molecule has 0 saturated heterocycles. The Hall–Kier alpha value is 0. The number of rotatable bonds is 2. The van der Waals surface area contributed by atoms with Gasteiger partial charge in [0.05, 0.1) is 0 Å². The molecule has 0 aromatic carbocycles. The highest BCUT2D eigenvalue weighted by Gasteiger charge is 2.48. The molecule has 0 radical (unpaired) electrons. The maximum Gasteiger partial charge on any atom is -0.0266 e. The molecule has 0 heterocycles. The second-order valence-electron chi connectivity index (χ2n) is 7.03. The maximum absolute atomic E-state index is 2.62. The molecule has 2 fully saturated rings. The van der Waals surface area contributed by atoms with Crippen LogP contribution < -0.4 is 0 Å². The van der Waals surface area contributed by atoms with Gasteiger partial charge in [-0.3, -0.25) is 0 Å². The Kier molecular flexibility index (Phi) is 3.66. The van der Waals surface area contributed by atoms with E-state index >= 15 is 0 Å². The topological polar surface area (TPSA) is 0 Å². The summed E-state index contributed by atoms with van der Waals surface area (Å²) in [5, 5.41) is 0. The van der Waals surface area contributed by atoms with Crippen molar-refractivity contribution in [1.82, 2.24) is 0 Å². The van der Waals surface area contributed by atoms with Gasteiger partial charge >= 0.3 is 0 Å². The molecule has 2 saturated carbocycles. The predicted octanol–water partition coefficient (Wildman–Crippen LogP) is 5.28. The van der Waals surface area contributed by atoms with Crippen LogP contribution in [0.25, 0.3) is 0 Å². The van der Waals surface area contributed by atoms with Gasteiger partial charge in [-0.15, -0.1) is 0 Å². The van der Waals surface area contributed by atoms with Crippen molar-refractivity contribution in [1.29, 1.82) is 0 Å². The van der Waals surface area contributed by atoms with Gasteiger partial charge in [0.2, 0.25) is 0 Å². The second kappa shape index (κ2) is 4.70. The Balaban J connectivity index is 2.16. The largest absolute Gasteiger partial charge is 0.0654 e. The van der Waals surface area contributed by atoms with Crippen LogP contribution in [0.4, 0.5) is 0 Å². The summed E-state index contributed by atoms with van der Waals surface area (Å²) in [4.78, 5) is 0. The summed E-state index contributed by atoms with van der Waals surface area (Å²) in [5.41, 5.74) is 0.695. The molecule has 16 heavy (non-hydrogen) atoms.